The van der Waals surface area contributed by atoms with E-state index in [4.69, 9.17) is 10.2 Å². The summed E-state index contributed by atoms with van der Waals surface area (Å²) < 4.78 is 0. The Morgan fingerprint density at radius 2 is 2.30 bits per heavy atom. The molecule has 5 nitrogen and oxygen atoms in total. The van der Waals surface area contributed by atoms with Gasteiger partial charge in [0.05, 0.1) is 0 Å². The van der Waals surface area contributed by atoms with Crippen molar-refractivity contribution < 1.29 is 19.8 Å². The molecule has 2 atom stereocenters. The second-order valence-corrected chi connectivity index (χ2v) is 2.15. The van der Waals surface area contributed by atoms with Gasteiger partial charge in [0, 0.05) is 6.42 Å². The number of aliphatic carboxylic acids is 1. The smallest absolute Gasteiger partial charge is 0.326 e. The van der Waals surface area contributed by atoms with Gasteiger partial charge in [-0.25, -0.2) is 4.79 Å². The van der Waals surface area contributed by atoms with Crippen molar-refractivity contribution in [2.45, 2.75) is 18.6 Å². The predicted molar refractivity (Wildman–Crippen MR) is 30.2 cm³/mol. The summed E-state index contributed by atoms with van der Waals surface area (Å²) in [5.74, 6) is -1.71. The van der Waals surface area contributed by atoms with Gasteiger partial charge in [-0.05, 0) is 0 Å². The summed E-state index contributed by atoms with van der Waals surface area (Å²) in [6.07, 6.45) is -1.19. The van der Waals surface area contributed by atoms with Crippen molar-refractivity contribution in [1.29, 1.82) is 0 Å². The SMILES string of the molecule is O=C1N[C@H](C(=O)O)CC1O. The van der Waals surface area contributed by atoms with Gasteiger partial charge in [0.1, 0.15) is 12.1 Å². The molecule has 0 aromatic rings. The number of carbonyl (C=O) groups is 2. The first-order valence-electron chi connectivity index (χ1n) is 2.82. The molecule has 0 saturated carbocycles. The van der Waals surface area contributed by atoms with Crippen LogP contribution in [0.2, 0.25) is 0 Å². The van der Waals surface area contributed by atoms with Gasteiger partial charge in [0.15, 0.2) is 0 Å². The summed E-state index contributed by atoms with van der Waals surface area (Å²) in [5, 5.41) is 19.2. The zero-order valence-corrected chi connectivity index (χ0v) is 5.07. The van der Waals surface area contributed by atoms with Crippen molar-refractivity contribution in [1.82, 2.24) is 5.32 Å². The molecule has 5 heteroatoms. The fourth-order valence-corrected chi connectivity index (χ4v) is 0.820. The first-order valence-corrected chi connectivity index (χ1v) is 2.82. The van der Waals surface area contributed by atoms with E-state index in [0.717, 1.165) is 0 Å². The van der Waals surface area contributed by atoms with Crippen LogP contribution in [0.1, 0.15) is 6.42 Å². The van der Waals surface area contributed by atoms with E-state index in [-0.39, 0.29) is 6.42 Å². The molecular formula is C5H7NO4. The van der Waals surface area contributed by atoms with Crippen LogP contribution in [0, 0.1) is 0 Å². The minimum atomic E-state index is -1.15. The zero-order valence-electron chi connectivity index (χ0n) is 5.07. The minimum Gasteiger partial charge on any atom is -0.480 e. The number of carboxylic acid groups (broad SMARTS) is 1. The maximum Gasteiger partial charge on any atom is 0.326 e. The summed E-state index contributed by atoms with van der Waals surface area (Å²) in [4.78, 5) is 20.6. The van der Waals surface area contributed by atoms with Crippen molar-refractivity contribution in [3.63, 3.8) is 0 Å². The first-order chi connectivity index (χ1) is 4.61. The zero-order chi connectivity index (χ0) is 7.72. The fourth-order valence-electron chi connectivity index (χ4n) is 0.820. The van der Waals surface area contributed by atoms with Crippen molar-refractivity contribution in [3.8, 4) is 0 Å². The molecule has 1 aliphatic heterocycles. The normalized spacial score (nSPS) is 31.9. The van der Waals surface area contributed by atoms with Crippen LogP contribution in [0.25, 0.3) is 0 Å². The standard InChI is InChI=1S/C5H7NO4/c7-3-1-2(5(9)10)6-4(3)8/h2-3,7H,1H2,(H,6,8)(H,9,10)/t2-,3?/m0/s1. The monoisotopic (exact) mass is 145 g/mol. The number of amides is 1. The third-order valence-electron chi connectivity index (χ3n) is 1.38. The highest BCUT2D eigenvalue weighted by atomic mass is 16.4. The number of hydrogen-bond acceptors (Lipinski definition) is 3. The summed E-state index contributed by atoms with van der Waals surface area (Å²) in [6.45, 7) is 0. The van der Waals surface area contributed by atoms with E-state index in [9.17, 15) is 9.59 Å². The van der Waals surface area contributed by atoms with Gasteiger partial charge in [-0.15, -0.1) is 0 Å². The van der Waals surface area contributed by atoms with Gasteiger partial charge < -0.3 is 15.5 Å². The quantitative estimate of drug-likeness (QED) is 0.411. The molecule has 1 heterocycles. The molecule has 0 radical (unpaired) electrons. The number of aliphatic hydroxyl groups excluding tert-OH is 1. The summed E-state index contributed by atoms with van der Waals surface area (Å²) in [6, 6.07) is -0.914. The molecule has 0 aliphatic carbocycles. The Morgan fingerprint density at radius 3 is 2.50 bits per heavy atom. The number of nitrogens with one attached hydrogen (secondary N) is 1. The van der Waals surface area contributed by atoms with E-state index in [1.54, 1.807) is 0 Å². The van der Waals surface area contributed by atoms with Crippen molar-refractivity contribution in [2.24, 2.45) is 0 Å². The fraction of sp³-hybridized carbons (Fsp3) is 0.600. The van der Waals surface area contributed by atoms with Gasteiger partial charge in [-0.3, -0.25) is 4.79 Å². The van der Waals surface area contributed by atoms with Crippen LogP contribution < -0.4 is 5.32 Å². The van der Waals surface area contributed by atoms with Gasteiger partial charge >= 0.3 is 5.97 Å². The Hall–Kier alpha value is -1.10. The second-order valence-electron chi connectivity index (χ2n) is 2.15. The molecule has 1 unspecified atom stereocenters. The molecule has 56 valence electrons. The molecule has 0 aromatic heterocycles. The lowest BCUT2D eigenvalue weighted by molar-refractivity contribution is -0.140. The van der Waals surface area contributed by atoms with Crippen molar-refractivity contribution in [2.75, 3.05) is 0 Å². The van der Waals surface area contributed by atoms with Gasteiger partial charge in [-0.2, -0.15) is 0 Å². The lowest BCUT2D eigenvalue weighted by Gasteiger charge is -1.99. The number of aliphatic hydroxyl groups is 1. The van der Waals surface area contributed by atoms with Crippen LogP contribution in [-0.4, -0.2) is 34.2 Å². The highest BCUT2D eigenvalue weighted by Gasteiger charge is 2.34. The summed E-state index contributed by atoms with van der Waals surface area (Å²) in [7, 11) is 0. The van der Waals surface area contributed by atoms with Crippen molar-refractivity contribution >= 4 is 11.9 Å². The Labute approximate surface area is 56.7 Å². The van der Waals surface area contributed by atoms with Crippen LogP contribution in [-0.2, 0) is 9.59 Å². The van der Waals surface area contributed by atoms with E-state index in [1.807, 2.05) is 0 Å². The molecule has 1 aliphatic rings. The van der Waals surface area contributed by atoms with E-state index in [1.165, 1.54) is 0 Å². The molecule has 0 spiro atoms. The third kappa shape index (κ3) is 1.08. The Kier molecular flexibility index (Phi) is 1.58. The van der Waals surface area contributed by atoms with E-state index < -0.39 is 24.0 Å². The van der Waals surface area contributed by atoms with Gasteiger partial charge in [0.2, 0.25) is 5.91 Å². The average molecular weight is 145 g/mol. The van der Waals surface area contributed by atoms with Crippen LogP contribution >= 0.6 is 0 Å². The lowest BCUT2D eigenvalue weighted by Crippen LogP contribution is -2.33. The largest absolute Gasteiger partial charge is 0.480 e. The molecular weight excluding hydrogens is 138 g/mol. The summed E-state index contributed by atoms with van der Waals surface area (Å²) >= 11 is 0. The van der Waals surface area contributed by atoms with E-state index >= 15 is 0 Å². The van der Waals surface area contributed by atoms with Crippen LogP contribution in [0.3, 0.4) is 0 Å². The maximum atomic E-state index is 10.5. The van der Waals surface area contributed by atoms with Crippen LogP contribution in [0.15, 0.2) is 0 Å². The minimum absolute atomic E-state index is 0.0336. The highest BCUT2D eigenvalue weighted by molar-refractivity contribution is 5.90. The number of hydrogen-bond donors (Lipinski definition) is 3. The van der Waals surface area contributed by atoms with Crippen molar-refractivity contribution in [3.05, 3.63) is 0 Å². The van der Waals surface area contributed by atoms with E-state index in [0.29, 0.717) is 0 Å². The molecule has 3 N–H and O–H groups in total. The molecule has 0 bridgehead atoms. The molecule has 10 heavy (non-hydrogen) atoms. The van der Waals surface area contributed by atoms with Gasteiger partial charge in [0.25, 0.3) is 0 Å². The number of carbonyl (C=O) groups excluding carboxylic acids is 1. The number of rotatable bonds is 1. The summed E-state index contributed by atoms with van der Waals surface area (Å²) in [5.41, 5.74) is 0. The molecule has 1 rings (SSSR count). The molecule has 1 fully saturated rings. The highest BCUT2D eigenvalue weighted by Crippen LogP contribution is 2.06. The Balaban J connectivity index is 2.57. The second kappa shape index (κ2) is 2.26. The predicted octanol–water partition coefficient (Wildman–Crippen LogP) is -1.68. The maximum absolute atomic E-state index is 10.5. The topological polar surface area (TPSA) is 86.6 Å². The molecule has 1 saturated heterocycles. The number of carboxylic acids is 1. The average Bonchev–Trinajstić information content (AvgIpc) is 2.13. The molecule has 0 aromatic carbocycles. The molecule has 1 amide bonds. The lowest BCUT2D eigenvalue weighted by atomic mass is 10.2. The Bertz CT molecular complexity index is 178. The van der Waals surface area contributed by atoms with Gasteiger partial charge in [-0.1, -0.05) is 0 Å². The van der Waals surface area contributed by atoms with Crippen LogP contribution in [0.4, 0.5) is 0 Å². The van der Waals surface area contributed by atoms with E-state index in [2.05, 4.69) is 5.32 Å². The van der Waals surface area contributed by atoms with Crippen LogP contribution in [0.5, 0.6) is 0 Å². The Morgan fingerprint density at radius 1 is 1.70 bits per heavy atom. The third-order valence-corrected chi connectivity index (χ3v) is 1.38. The first kappa shape index (κ1) is 7.01.